The van der Waals surface area contributed by atoms with Gasteiger partial charge in [-0.3, -0.25) is 0 Å². The number of benzene rings is 2. The minimum absolute atomic E-state index is 0.252. The third-order valence-corrected chi connectivity index (χ3v) is 6.68. The van der Waals surface area contributed by atoms with Crippen LogP contribution in [-0.2, 0) is 6.42 Å². The van der Waals surface area contributed by atoms with E-state index in [1.54, 1.807) is 0 Å². The molecule has 0 nitrogen and oxygen atoms in total. The molecule has 0 saturated heterocycles. The number of unbranched alkanes of at least 4 members (excludes halogenated alkanes) is 1. The van der Waals surface area contributed by atoms with Gasteiger partial charge in [0.2, 0.25) is 0 Å². The molecule has 0 unspecified atom stereocenters. The zero-order chi connectivity index (χ0) is 24.9. The Balaban J connectivity index is 1.70. The van der Waals surface area contributed by atoms with Crippen LogP contribution >= 0.6 is 0 Å². The SMILES string of the molecule is CCCCC1CCC(CCc2cc(F)c(-c3cc(F)c(C=CC(F)(F)F)c(F)c3)c(F)c2)CC1. The molecule has 0 spiro atoms. The highest BCUT2D eigenvalue weighted by Gasteiger charge is 2.24. The standard InChI is InChI=1S/C27H29F7/c1-2-3-4-17-5-7-18(8-6-17)9-10-19-13-24(30)26(25(31)14-19)20-15-22(28)21(23(29)16-20)11-12-27(32,33)34/h11-18H,2-10H2,1H3. The molecular formula is C27H29F7. The van der Waals surface area contributed by atoms with E-state index in [2.05, 4.69) is 6.92 Å². The molecule has 0 aromatic heterocycles. The molecule has 0 amide bonds. The first-order chi connectivity index (χ1) is 16.1. The van der Waals surface area contributed by atoms with Crippen molar-refractivity contribution in [1.29, 1.82) is 0 Å². The van der Waals surface area contributed by atoms with Gasteiger partial charge in [0, 0.05) is 11.6 Å². The van der Waals surface area contributed by atoms with Crippen molar-refractivity contribution >= 4 is 6.08 Å². The fraction of sp³-hybridized carbons (Fsp3) is 0.481. The van der Waals surface area contributed by atoms with E-state index < -0.39 is 46.1 Å². The Morgan fingerprint density at radius 2 is 1.32 bits per heavy atom. The summed E-state index contributed by atoms with van der Waals surface area (Å²) in [6, 6.07) is 3.60. The quantitative estimate of drug-likeness (QED) is 0.326. The topological polar surface area (TPSA) is 0 Å². The van der Waals surface area contributed by atoms with Crippen LogP contribution in [0.15, 0.2) is 30.3 Å². The molecule has 1 aliphatic rings. The highest BCUT2D eigenvalue weighted by molar-refractivity contribution is 5.68. The van der Waals surface area contributed by atoms with E-state index in [1.807, 2.05) is 0 Å². The fourth-order valence-corrected chi connectivity index (χ4v) is 4.78. The highest BCUT2D eigenvalue weighted by atomic mass is 19.4. The summed E-state index contributed by atoms with van der Waals surface area (Å²) in [4.78, 5) is 0. The second-order valence-corrected chi connectivity index (χ2v) is 9.23. The Bertz CT molecular complexity index is 953. The van der Waals surface area contributed by atoms with E-state index in [9.17, 15) is 30.7 Å². The average Bonchev–Trinajstić information content (AvgIpc) is 2.75. The summed E-state index contributed by atoms with van der Waals surface area (Å²) < 4.78 is 94.9. The van der Waals surface area contributed by atoms with Crippen LogP contribution in [0.5, 0.6) is 0 Å². The molecule has 3 rings (SSSR count). The summed E-state index contributed by atoms with van der Waals surface area (Å²) in [5.74, 6) is -3.31. The van der Waals surface area contributed by atoms with Crippen molar-refractivity contribution in [2.45, 2.75) is 70.9 Å². The van der Waals surface area contributed by atoms with Gasteiger partial charge in [-0.2, -0.15) is 13.2 Å². The molecule has 1 fully saturated rings. The maximum Gasteiger partial charge on any atom is 0.409 e. The zero-order valence-electron chi connectivity index (χ0n) is 19.1. The van der Waals surface area contributed by atoms with Crippen LogP contribution in [0.3, 0.4) is 0 Å². The maximum atomic E-state index is 14.8. The van der Waals surface area contributed by atoms with Gasteiger partial charge in [-0.15, -0.1) is 0 Å². The first-order valence-electron chi connectivity index (χ1n) is 11.8. The lowest BCUT2D eigenvalue weighted by Gasteiger charge is -2.28. The molecular weight excluding hydrogens is 457 g/mol. The lowest BCUT2D eigenvalue weighted by molar-refractivity contribution is -0.0790. The highest BCUT2D eigenvalue weighted by Crippen LogP contribution is 2.35. The molecule has 2 aromatic carbocycles. The van der Waals surface area contributed by atoms with E-state index in [0.29, 0.717) is 30.0 Å². The van der Waals surface area contributed by atoms with Gasteiger partial charge in [0.15, 0.2) is 0 Å². The molecule has 0 N–H and O–H groups in total. The number of hydrogen-bond donors (Lipinski definition) is 0. The number of rotatable bonds is 8. The van der Waals surface area contributed by atoms with E-state index in [0.717, 1.165) is 25.2 Å². The van der Waals surface area contributed by atoms with Crippen molar-refractivity contribution in [3.8, 4) is 11.1 Å². The zero-order valence-corrected chi connectivity index (χ0v) is 19.1. The van der Waals surface area contributed by atoms with E-state index in [1.165, 1.54) is 44.2 Å². The van der Waals surface area contributed by atoms with E-state index >= 15 is 0 Å². The summed E-state index contributed by atoms with van der Waals surface area (Å²) in [6.07, 6.45) is 4.85. The van der Waals surface area contributed by atoms with Crippen LogP contribution in [0.4, 0.5) is 30.7 Å². The molecule has 0 radical (unpaired) electrons. The fourth-order valence-electron chi connectivity index (χ4n) is 4.78. The smallest absolute Gasteiger partial charge is 0.206 e. The first kappa shape index (κ1) is 26.3. The van der Waals surface area contributed by atoms with Gasteiger partial charge in [0.25, 0.3) is 0 Å². The Morgan fingerprint density at radius 3 is 1.82 bits per heavy atom. The minimum Gasteiger partial charge on any atom is -0.206 e. The third-order valence-electron chi connectivity index (χ3n) is 6.68. The van der Waals surface area contributed by atoms with Crippen molar-refractivity contribution in [1.82, 2.24) is 0 Å². The Morgan fingerprint density at radius 1 is 0.794 bits per heavy atom. The lowest BCUT2D eigenvalue weighted by atomic mass is 9.78. The number of aryl methyl sites for hydroxylation is 1. The van der Waals surface area contributed by atoms with Gasteiger partial charge in [0.05, 0.1) is 5.56 Å². The molecule has 186 valence electrons. The summed E-state index contributed by atoms with van der Waals surface area (Å²) >= 11 is 0. The molecule has 1 saturated carbocycles. The average molecular weight is 487 g/mol. The number of hydrogen-bond acceptors (Lipinski definition) is 0. The maximum absolute atomic E-state index is 14.8. The van der Waals surface area contributed by atoms with Gasteiger partial charge in [0.1, 0.15) is 23.3 Å². The monoisotopic (exact) mass is 486 g/mol. The molecule has 34 heavy (non-hydrogen) atoms. The van der Waals surface area contributed by atoms with Gasteiger partial charge in [-0.05, 0) is 66.1 Å². The summed E-state index contributed by atoms with van der Waals surface area (Å²) in [6.45, 7) is 2.19. The van der Waals surface area contributed by atoms with Gasteiger partial charge in [-0.25, -0.2) is 17.6 Å². The summed E-state index contributed by atoms with van der Waals surface area (Å²) in [7, 11) is 0. The van der Waals surface area contributed by atoms with Crippen LogP contribution in [0.2, 0.25) is 0 Å². The Kier molecular flexibility index (Phi) is 8.83. The van der Waals surface area contributed by atoms with Gasteiger partial charge >= 0.3 is 6.18 Å². The van der Waals surface area contributed by atoms with Gasteiger partial charge in [-0.1, -0.05) is 51.9 Å². The van der Waals surface area contributed by atoms with Crippen LogP contribution in [0.25, 0.3) is 17.2 Å². The van der Waals surface area contributed by atoms with Crippen molar-refractivity contribution < 1.29 is 30.7 Å². The largest absolute Gasteiger partial charge is 0.409 e. The molecule has 1 aliphatic carbocycles. The molecule has 0 atom stereocenters. The normalized spacial score (nSPS) is 19.2. The van der Waals surface area contributed by atoms with E-state index in [4.69, 9.17) is 0 Å². The summed E-state index contributed by atoms with van der Waals surface area (Å²) in [5, 5.41) is 0. The Hall–Kier alpha value is -2.31. The lowest BCUT2D eigenvalue weighted by Crippen LogP contribution is -2.15. The molecule has 0 bridgehead atoms. The van der Waals surface area contributed by atoms with Crippen molar-refractivity contribution in [2.75, 3.05) is 0 Å². The number of alkyl halides is 3. The number of allylic oxidation sites excluding steroid dienone is 1. The molecule has 0 heterocycles. The second kappa shape index (κ2) is 11.4. The minimum atomic E-state index is -4.75. The number of halogens is 7. The predicted molar refractivity (Wildman–Crippen MR) is 120 cm³/mol. The van der Waals surface area contributed by atoms with Crippen LogP contribution < -0.4 is 0 Å². The van der Waals surface area contributed by atoms with Crippen molar-refractivity contribution in [3.05, 3.63) is 64.7 Å². The molecule has 7 heteroatoms. The van der Waals surface area contributed by atoms with Crippen molar-refractivity contribution in [2.24, 2.45) is 11.8 Å². The molecule has 2 aromatic rings. The Labute approximate surface area is 195 Å². The first-order valence-corrected chi connectivity index (χ1v) is 11.8. The predicted octanol–water partition coefficient (Wildman–Crippen LogP) is 9.41. The molecule has 0 aliphatic heterocycles. The van der Waals surface area contributed by atoms with Crippen LogP contribution in [0, 0.1) is 35.1 Å². The van der Waals surface area contributed by atoms with Gasteiger partial charge < -0.3 is 0 Å². The second-order valence-electron chi connectivity index (χ2n) is 9.23. The van der Waals surface area contributed by atoms with Crippen LogP contribution in [0.1, 0.15) is 69.4 Å². The van der Waals surface area contributed by atoms with Crippen LogP contribution in [-0.4, -0.2) is 6.18 Å². The third kappa shape index (κ3) is 7.09. The van der Waals surface area contributed by atoms with E-state index in [-0.39, 0.29) is 12.2 Å². The summed E-state index contributed by atoms with van der Waals surface area (Å²) in [5.41, 5.74) is -1.48. The van der Waals surface area contributed by atoms with Crippen molar-refractivity contribution in [3.63, 3.8) is 0 Å².